The van der Waals surface area contributed by atoms with Crippen LogP contribution in [0.1, 0.15) is 49.9 Å². The van der Waals surface area contributed by atoms with Crippen molar-refractivity contribution >= 4 is 40.1 Å². The van der Waals surface area contributed by atoms with Gasteiger partial charge in [0.1, 0.15) is 0 Å². The van der Waals surface area contributed by atoms with Gasteiger partial charge in [0.15, 0.2) is 0 Å². The van der Waals surface area contributed by atoms with E-state index in [2.05, 4.69) is 41.8 Å². The van der Waals surface area contributed by atoms with Gasteiger partial charge in [0.05, 0.1) is 5.02 Å². The molecule has 2 unspecified atom stereocenters. The van der Waals surface area contributed by atoms with Crippen molar-refractivity contribution in [1.82, 2.24) is 5.32 Å². The first kappa shape index (κ1) is 16.1. The summed E-state index contributed by atoms with van der Waals surface area (Å²) in [5, 5.41) is 3.85. The zero-order valence-electron chi connectivity index (χ0n) is 12.0. The molecule has 1 aliphatic rings. The Morgan fingerprint density at radius 2 is 2.05 bits per heavy atom. The van der Waals surface area contributed by atoms with Crippen molar-refractivity contribution in [2.75, 3.05) is 0 Å². The zero-order chi connectivity index (χ0) is 14.7. The molecule has 0 spiro atoms. The molecule has 1 saturated carbocycles. The standard InChI is InChI=1S/C16H21ClINO/c1-10(2)12-5-3-4-6-15(12)19-16(20)11-7-8-14(18)13(17)9-11/h7-10,12,15H,3-6H2,1-2H3,(H,19,20). The highest BCUT2D eigenvalue weighted by Gasteiger charge is 2.28. The van der Waals surface area contributed by atoms with Crippen LogP contribution in [0.25, 0.3) is 0 Å². The fourth-order valence-electron chi connectivity index (χ4n) is 3.03. The fourth-order valence-corrected chi connectivity index (χ4v) is 3.54. The van der Waals surface area contributed by atoms with Crippen LogP contribution in [0.4, 0.5) is 0 Å². The number of carbonyl (C=O) groups is 1. The molecule has 1 aliphatic carbocycles. The minimum Gasteiger partial charge on any atom is -0.349 e. The van der Waals surface area contributed by atoms with Gasteiger partial charge >= 0.3 is 0 Å². The summed E-state index contributed by atoms with van der Waals surface area (Å²) in [6.07, 6.45) is 4.80. The summed E-state index contributed by atoms with van der Waals surface area (Å²) in [6, 6.07) is 5.79. The molecule has 1 aromatic carbocycles. The van der Waals surface area contributed by atoms with E-state index in [0.29, 0.717) is 28.5 Å². The number of hydrogen-bond acceptors (Lipinski definition) is 1. The summed E-state index contributed by atoms with van der Waals surface area (Å²) in [5.41, 5.74) is 0.656. The van der Waals surface area contributed by atoms with E-state index < -0.39 is 0 Å². The Hall–Kier alpha value is -0.290. The van der Waals surface area contributed by atoms with E-state index in [9.17, 15) is 4.79 Å². The monoisotopic (exact) mass is 405 g/mol. The fraction of sp³-hybridized carbons (Fsp3) is 0.562. The smallest absolute Gasteiger partial charge is 0.251 e. The molecule has 0 heterocycles. The van der Waals surface area contributed by atoms with Gasteiger partial charge < -0.3 is 5.32 Å². The summed E-state index contributed by atoms with van der Waals surface area (Å²) in [4.78, 5) is 12.4. The van der Waals surface area contributed by atoms with Gasteiger partial charge in [-0.1, -0.05) is 38.3 Å². The van der Waals surface area contributed by atoms with Crippen molar-refractivity contribution in [2.45, 2.75) is 45.6 Å². The van der Waals surface area contributed by atoms with Crippen molar-refractivity contribution in [3.63, 3.8) is 0 Å². The highest BCUT2D eigenvalue weighted by Crippen LogP contribution is 2.30. The second kappa shape index (κ2) is 7.12. The molecule has 110 valence electrons. The van der Waals surface area contributed by atoms with Crippen LogP contribution in [0.3, 0.4) is 0 Å². The number of carbonyl (C=O) groups excluding carboxylic acids is 1. The van der Waals surface area contributed by atoms with E-state index in [4.69, 9.17) is 11.6 Å². The van der Waals surface area contributed by atoms with Gasteiger partial charge in [0, 0.05) is 15.2 Å². The quantitative estimate of drug-likeness (QED) is 0.713. The predicted octanol–water partition coefficient (Wildman–Crippen LogP) is 4.89. The molecule has 0 aliphatic heterocycles. The number of hydrogen-bond donors (Lipinski definition) is 1. The van der Waals surface area contributed by atoms with Gasteiger partial charge in [-0.25, -0.2) is 0 Å². The molecule has 0 radical (unpaired) electrons. The van der Waals surface area contributed by atoms with Gasteiger partial charge in [-0.2, -0.15) is 0 Å². The summed E-state index contributed by atoms with van der Waals surface area (Å²) in [5.74, 6) is 1.20. The predicted molar refractivity (Wildman–Crippen MR) is 92.2 cm³/mol. The average molecular weight is 406 g/mol. The molecular weight excluding hydrogens is 385 g/mol. The first-order valence-electron chi connectivity index (χ1n) is 7.25. The van der Waals surface area contributed by atoms with Crippen molar-refractivity contribution in [2.24, 2.45) is 11.8 Å². The number of nitrogens with one attached hydrogen (secondary N) is 1. The second-order valence-electron chi connectivity index (χ2n) is 5.90. The van der Waals surface area contributed by atoms with Crippen LogP contribution in [0.15, 0.2) is 18.2 Å². The van der Waals surface area contributed by atoms with Crippen LogP contribution >= 0.6 is 34.2 Å². The second-order valence-corrected chi connectivity index (χ2v) is 7.47. The van der Waals surface area contributed by atoms with Gasteiger partial charge in [-0.05, 0) is 65.5 Å². The number of rotatable bonds is 3. The molecule has 0 saturated heterocycles. The highest BCUT2D eigenvalue weighted by molar-refractivity contribution is 14.1. The Labute approximate surface area is 139 Å². The molecule has 0 bridgehead atoms. The van der Waals surface area contributed by atoms with E-state index in [1.807, 2.05) is 12.1 Å². The SMILES string of the molecule is CC(C)C1CCCCC1NC(=O)c1ccc(I)c(Cl)c1. The van der Waals surface area contributed by atoms with E-state index >= 15 is 0 Å². The lowest BCUT2D eigenvalue weighted by Crippen LogP contribution is -2.43. The van der Waals surface area contributed by atoms with Crippen LogP contribution in [-0.4, -0.2) is 11.9 Å². The van der Waals surface area contributed by atoms with Crippen LogP contribution in [-0.2, 0) is 0 Å². The Bertz CT molecular complexity index is 489. The topological polar surface area (TPSA) is 29.1 Å². The van der Waals surface area contributed by atoms with Crippen LogP contribution in [0, 0.1) is 15.4 Å². The zero-order valence-corrected chi connectivity index (χ0v) is 14.9. The van der Waals surface area contributed by atoms with Crippen molar-refractivity contribution in [1.29, 1.82) is 0 Å². The van der Waals surface area contributed by atoms with Gasteiger partial charge in [-0.15, -0.1) is 0 Å². The minimum absolute atomic E-state index is 0.000787. The average Bonchev–Trinajstić information content (AvgIpc) is 2.42. The molecule has 20 heavy (non-hydrogen) atoms. The summed E-state index contributed by atoms with van der Waals surface area (Å²) < 4.78 is 0.971. The first-order valence-corrected chi connectivity index (χ1v) is 8.70. The van der Waals surface area contributed by atoms with Crippen LogP contribution in [0.5, 0.6) is 0 Å². The third-order valence-electron chi connectivity index (χ3n) is 4.17. The maximum Gasteiger partial charge on any atom is 0.251 e. The molecule has 1 fully saturated rings. The molecule has 1 N–H and O–H groups in total. The maximum atomic E-state index is 12.4. The minimum atomic E-state index is 0.000787. The lowest BCUT2D eigenvalue weighted by molar-refractivity contribution is 0.0889. The Balaban J connectivity index is 2.07. The summed E-state index contributed by atoms with van der Waals surface area (Å²) >= 11 is 8.26. The lowest BCUT2D eigenvalue weighted by Gasteiger charge is -2.34. The molecular formula is C16H21ClINO. The van der Waals surface area contributed by atoms with Crippen molar-refractivity contribution in [3.05, 3.63) is 32.4 Å². The number of amides is 1. The number of halogens is 2. The first-order chi connectivity index (χ1) is 9.49. The Kier molecular flexibility index (Phi) is 5.73. The largest absolute Gasteiger partial charge is 0.349 e. The van der Waals surface area contributed by atoms with E-state index in [1.54, 1.807) is 6.07 Å². The molecule has 2 nitrogen and oxygen atoms in total. The van der Waals surface area contributed by atoms with Gasteiger partial charge in [-0.3, -0.25) is 4.79 Å². The third-order valence-corrected chi connectivity index (χ3v) is 5.75. The summed E-state index contributed by atoms with van der Waals surface area (Å²) in [7, 11) is 0. The van der Waals surface area contributed by atoms with Gasteiger partial charge in [0.25, 0.3) is 5.91 Å². The molecule has 4 heteroatoms. The Morgan fingerprint density at radius 3 is 2.70 bits per heavy atom. The normalized spacial score (nSPS) is 22.9. The van der Waals surface area contributed by atoms with Crippen LogP contribution in [0.2, 0.25) is 5.02 Å². The Morgan fingerprint density at radius 1 is 1.35 bits per heavy atom. The molecule has 0 aromatic heterocycles. The van der Waals surface area contributed by atoms with E-state index in [1.165, 1.54) is 19.3 Å². The maximum absolute atomic E-state index is 12.4. The third kappa shape index (κ3) is 3.88. The molecule has 1 aromatic rings. The number of benzene rings is 1. The van der Waals surface area contributed by atoms with Crippen LogP contribution < -0.4 is 5.32 Å². The summed E-state index contributed by atoms with van der Waals surface area (Å²) in [6.45, 7) is 4.49. The van der Waals surface area contributed by atoms with Gasteiger partial charge in [0.2, 0.25) is 0 Å². The lowest BCUT2D eigenvalue weighted by atomic mass is 9.78. The van der Waals surface area contributed by atoms with Crippen molar-refractivity contribution < 1.29 is 4.79 Å². The van der Waals surface area contributed by atoms with Crippen molar-refractivity contribution in [3.8, 4) is 0 Å². The molecule has 2 rings (SSSR count). The molecule has 2 atom stereocenters. The molecule has 1 amide bonds. The highest BCUT2D eigenvalue weighted by atomic mass is 127. The van der Waals surface area contributed by atoms with E-state index in [0.717, 1.165) is 9.99 Å². The van der Waals surface area contributed by atoms with E-state index in [-0.39, 0.29) is 5.91 Å².